The molecular formula is C18H18ClN7O6. The van der Waals surface area contributed by atoms with Crippen molar-refractivity contribution in [1.29, 1.82) is 0 Å². The molecule has 2 heterocycles. The Kier molecular flexibility index (Phi) is 7.33. The van der Waals surface area contributed by atoms with E-state index in [0.717, 1.165) is 5.56 Å². The summed E-state index contributed by atoms with van der Waals surface area (Å²) in [4.78, 5) is 37.8. The Balaban J connectivity index is 1.37. The number of carbonyl (C=O) groups excluding carboxylic acids is 2. The molecule has 0 saturated heterocycles. The Hall–Kier alpha value is -4.00. The molecule has 168 valence electrons. The van der Waals surface area contributed by atoms with E-state index in [9.17, 15) is 19.7 Å². The predicted octanol–water partition coefficient (Wildman–Crippen LogP) is 1.11. The van der Waals surface area contributed by atoms with Gasteiger partial charge in [-0.3, -0.25) is 9.59 Å². The van der Waals surface area contributed by atoms with Crippen molar-refractivity contribution in [2.24, 2.45) is 0 Å². The van der Waals surface area contributed by atoms with Crippen molar-refractivity contribution in [3.8, 4) is 5.75 Å². The molecule has 0 aliphatic carbocycles. The molecule has 2 aromatic heterocycles. The summed E-state index contributed by atoms with van der Waals surface area (Å²) in [6.45, 7) is 1.90. The van der Waals surface area contributed by atoms with Gasteiger partial charge in [0.05, 0.1) is 17.4 Å². The Morgan fingerprint density at radius 3 is 2.78 bits per heavy atom. The van der Waals surface area contributed by atoms with Crippen LogP contribution in [0, 0.1) is 17.0 Å². The molecule has 0 aliphatic rings. The number of aryl methyl sites for hydroxylation is 1. The van der Waals surface area contributed by atoms with Crippen LogP contribution in [0.2, 0.25) is 5.02 Å². The van der Waals surface area contributed by atoms with Crippen molar-refractivity contribution in [3.05, 3.63) is 62.9 Å². The minimum Gasteiger partial charge on any atom is -0.484 e. The summed E-state index contributed by atoms with van der Waals surface area (Å²) in [7, 11) is 0. The maximum atomic E-state index is 12.1. The number of ether oxygens (including phenoxy) is 1. The van der Waals surface area contributed by atoms with Crippen molar-refractivity contribution in [1.82, 2.24) is 30.6 Å². The van der Waals surface area contributed by atoms with Gasteiger partial charge < -0.3 is 30.0 Å². The van der Waals surface area contributed by atoms with E-state index in [1.807, 2.05) is 6.92 Å². The van der Waals surface area contributed by atoms with Crippen LogP contribution in [0.5, 0.6) is 5.75 Å². The Labute approximate surface area is 185 Å². The minimum atomic E-state index is -0.630. The van der Waals surface area contributed by atoms with Crippen molar-refractivity contribution in [3.63, 3.8) is 0 Å². The van der Waals surface area contributed by atoms with E-state index < -0.39 is 10.8 Å². The number of carbonyl (C=O) groups is 2. The van der Waals surface area contributed by atoms with Crippen LogP contribution in [0.3, 0.4) is 0 Å². The van der Waals surface area contributed by atoms with Crippen LogP contribution in [-0.4, -0.2) is 56.4 Å². The molecule has 0 saturated carbocycles. The van der Waals surface area contributed by atoms with Crippen LogP contribution in [0.4, 0.5) is 5.82 Å². The monoisotopic (exact) mass is 463 g/mol. The molecule has 0 atom stereocenters. The van der Waals surface area contributed by atoms with Crippen molar-refractivity contribution in [2.45, 2.75) is 13.5 Å². The van der Waals surface area contributed by atoms with Crippen LogP contribution < -0.4 is 15.4 Å². The molecule has 14 heteroatoms. The first kappa shape index (κ1) is 22.7. The van der Waals surface area contributed by atoms with Gasteiger partial charge in [-0.2, -0.15) is 9.67 Å². The first-order chi connectivity index (χ1) is 15.3. The van der Waals surface area contributed by atoms with Crippen LogP contribution in [0.15, 0.2) is 35.0 Å². The summed E-state index contributed by atoms with van der Waals surface area (Å²) >= 11 is 5.87. The predicted molar refractivity (Wildman–Crippen MR) is 109 cm³/mol. The lowest BCUT2D eigenvalue weighted by atomic mass is 10.2. The first-order valence-electron chi connectivity index (χ1n) is 9.26. The van der Waals surface area contributed by atoms with E-state index in [4.69, 9.17) is 20.9 Å². The summed E-state index contributed by atoms with van der Waals surface area (Å²) in [6, 6.07) is 6.30. The number of nitrogens with one attached hydrogen (secondary N) is 2. The minimum absolute atomic E-state index is 0.00618. The summed E-state index contributed by atoms with van der Waals surface area (Å²) in [6.07, 6.45) is 1.38. The number of hydrogen-bond donors (Lipinski definition) is 2. The Morgan fingerprint density at radius 2 is 2.06 bits per heavy atom. The van der Waals surface area contributed by atoms with Crippen molar-refractivity contribution >= 4 is 29.2 Å². The molecule has 1 aromatic carbocycles. The number of aromatic nitrogens is 4. The number of benzene rings is 1. The first-order valence-corrected chi connectivity index (χ1v) is 9.64. The lowest BCUT2D eigenvalue weighted by Gasteiger charge is -2.10. The van der Waals surface area contributed by atoms with Gasteiger partial charge in [0.2, 0.25) is 0 Å². The second-order valence-corrected chi connectivity index (χ2v) is 6.89. The number of amides is 2. The molecule has 0 aliphatic heterocycles. The fraction of sp³-hybridized carbons (Fsp3) is 0.278. The highest BCUT2D eigenvalue weighted by Crippen LogP contribution is 2.21. The Bertz CT molecular complexity index is 1130. The number of hydrogen-bond acceptors (Lipinski definition) is 9. The maximum absolute atomic E-state index is 12.1. The normalized spacial score (nSPS) is 10.6. The van der Waals surface area contributed by atoms with E-state index in [2.05, 4.69) is 25.9 Å². The van der Waals surface area contributed by atoms with Gasteiger partial charge in [0.1, 0.15) is 12.3 Å². The molecule has 32 heavy (non-hydrogen) atoms. The molecular weight excluding hydrogens is 446 g/mol. The van der Waals surface area contributed by atoms with Gasteiger partial charge in [0, 0.05) is 18.1 Å². The molecule has 0 spiro atoms. The third-order valence-corrected chi connectivity index (χ3v) is 4.24. The van der Waals surface area contributed by atoms with Crippen molar-refractivity contribution < 1.29 is 23.8 Å². The molecule has 0 radical (unpaired) electrons. The third kappa shape index (κ3) is 6.25. The maximum Gasteiger partial charge on any atom is 0.389 e. The largest absolute Gasteiger partial charge is 0.484 e. The standard InChI is InChI=1S/C18H18ClN7O6/c1-11-8-12(19)2-3-13(11)31-10-16(27)20-5-6-21-17(28)18-22-14(24-32-18)9-25-7-4-15(23-25)26(29)30/h2-4,7-8H,5-6,9-10H2,1H3,(H,20,27)(H,21,28). The van der Waals surface area contributed by atoms with E-state index in [1.54, 1.807) is 18.2 Å². The van der Waals surface area contributed by atoms with Crippen LogP contribution in [0.25, 0.3) is 0 Å². The highest BCUT2D eigenvalue weighted by atomic mass is 35.5. The van der Waals surface area contributed by atoms with Crippen LogP contribution in [-0.2, 0) is 11.3 Å². The topological polar surface area (TPSA) is 167 Å². The molecule has 3 aromatic rings. The van der Waals surface area contributed by atoms with Gasteiger partial charge in [-0.1, -0.05) is 16.8 Å². The Morgan fingerprint density at radius 1 is 1.28 bits per heavy atom. The lowest BCUT2D eigenvalue weighted by molar-refractivity contribution is -0.389. The number of nitrogens with zero attached hydrogens (tertiary/aromatic N) is 5. The number of nitro groups is 1. The lowest BCUT2D eigenvalue weighted by Crippen LogP contribution is -2.36. The summed E-state index contributed by atoms with van der Waals surface area (Å²) in [5, 5.41) is 23.7. The molecule has 0 fully saturated rings. The third-order valence-electron chi connectivity index (χ3n) is 4.01. The smallest absolute Gasteiger partial charge is 0.389 e. The molecule has 0 unspecified atom stereocenters. The van der Waals surface area contributed by atoms with Gasteiger partial charge in [0.25, 0.3) is 5.91 Å². The molecule has 3 rings (SSSR count). The van der Waals surface area contributed by atoms with Gasteiger partial charge in [-0.05, 0) is 35.6 Å². The zero-order chi connectivity index (χ0) is 23.1. The summed E-state index contributed by atoms with van der Waals surface area (Å²) < 4.78 is 11.5. The highest BCUT2D eigenvalue weighted by Gasteiger charge is 2.17. The van der Waals surface area contributed by atoms with Crippen molar-refractivity contribution in [2.75, 3.05) is 19.7 Å². The number of rotatable bonds is 10. The van der Waals surface area contributed by atoms with Gasteiger partial charge in [-0.15, -0.1) is 0 Å². The van der Waals surface area contributed by atoms with E-state index in [-0.39, 0.29) is 49.7 Å². The van der Waals surface area contributed by atoms with E-state index in [0.29, 0.717) is 10.8 Å². The fourth-order valence-electron chi connectivity index (χ4n) is 2.51. The quantitative estimate of drug-likeness (QED) is 0.254. The molecule has 13 nitrogen and oxygen atoms in total. The van der Waals surface area contributed by atoms with E-state index >= 15 is 0 Å². The average molecular weight is 464 g/mol. The van der Waals surface area contributed by atoms with Gasteiger partial charge >= 0.3 is 17.6 Å². The van der Waals surface area contributed by atoms with Gasteiger partial charge in [-0.25, -0.2) is 0 Å². The number of halogens is 1. The second kappa shape index (κ2) is 10.3. The second-order valence-electron chi connectivity index (χ2n) is 6.45. The zero-order valence-corrected chi connectivity index (χ0v) is 17.5. The van der Waals surface area contributed by atoms with E-state index in [1.165, 1.54) is 16.9 Å². The zero-order valence-electron chi connectivity index (χ0n) is 16.8. The molecule has 2 N–H and O–H groups in total. The fourth-order valence-corrected chi connectivity index (χ4v) is 2.74. The van der Waals surface area contributed by atoms with Crippen LogP contribution >= 0.6 is 11.6 Å². The average Bonchev–Trinajstić information content (AvgIpc) is 3.41. The van der Waals surface area contributed by atoms with Crippen LogP contribution in [0.1, 0.15) is 22.1 Å². The van der Waals surface area contributed by atoms with Gasteiger partial charge in [0.15, 0.2) is 12.4 Å². The summed E-state index contributed by atoms with van der Waals surface area (Å²) in [5.74, 6) is -0.915. The SMILES string of the molecule is Cc1cc(Cl)ccc1OCC(=O)NCCNC(=O)c1nc(Cn2ccc([N+](=O)[O-])n2)no1. The highest BCUT2D eigenvalue weighted by molar-refractivity contribution is 6.30. The summed E-state index contributed by atoms with van der Waals surface area (Å²) in [5.41, 5.74) is 0.808. The molecule has 0 bridgehead atoms. The molecule has 2 amide bonds.